The molecule has 4 rings (SSSR count). The van der Waals surface area contributed by atoms with Gasteiger partial charge in [0.2, 0.25) is 0 Å². The standard InChI is InChI=1S/C28H32Si4/c1-29-30(2,3)31(4,25-17-9-5-10-18-25)32(26-19-11-6-12-20-26,27-21-13-7-14-22-27)28-23-15-8-16-24-28/h5-24H,1-4H3. The van der Waals surface area contributed by atoms with Crippen molar-refractivity contribution >= 4 is 51.6 Å². The third-order valence-electron chi connectivity index (χ3n) is 7.60. The Hall–Kier alpha value is -2.25. The summed E-state index contributed by atoms with van der Waals surface area (Å²) in [5.74, 6) is 0. The first-order valence-electron chi connectivity index (χ1n) is 11.4. The smallest absolute Gasteiger partial charge is 0.0756 e. The predicted octanol–water partition coefficient (Wildman–Crippen LogP) is 4.26. The summed E-state index contributed by atoms with van der Waals surface area (Å²) in [6.07, 6.45) is 0. The van der Waals surface area contributed by atoms with E-state index >= 15 is 0 Å². The van der Waals surface area contributed by atoms with Gasteiger partial charge in [0.1, 0.15) is 7.59 Å². The molecule has 0 fully saturated rings. The summed E-state index contributed by atoms with van der Waals surface area (Å²) in [7, 11) is -5.05. The van der Waals surface area contributed by atoms with Crippen molar-refractivity contribution in [2.24, 2.45) is 0 Å². The molecule has 32 heavy (non-hydrogen) atoms. The molecule has 0 N–H and O–H groups in total. The number of hydrogen-bond donors (Lipinski definition) is 0. The molecule has 4 heteroatoms. The minimum atomic E-state index is -2.37. The first-order valence-corrected chi connectivity index (χ1v) is 23.4. The van der Waals surface area contributed by atoms with Crippen LogP contribution in [0.5, 0.6) is 0 Å². The lowest BCUT2D eigenvalue weighted by Crippen LogP contribution is -2.93. The quantitative estimate of drug-likeness (QED) is 0.274. The zero-order valence-corrected chi connectivity index (χ0v) is 23.5. The van der Waals surface area contributed by atoms with Crippen molar-refractivity contribution in [3.05, 3.63) is 121 Å². The molecule has 4 aromatic rings. The minimum Gasteiger partial charge on any atom is -0.0756 e. The van der Waals surface area contributed by atoms with Gasteiger partial charge in [0, 0.05) is 16.1 Å². The van der Waals surface area contributed by atoms with Gasteiger partial charge in [-0.2, -0.15) is 0 Å². The van der Waals surface area contributed by atoms with Crippen molar-refractivity contribution in [1.29, 1.82) is 0 Å². The van der Waals surface area contributed by atoms with Gasteiger partial charge in [-0.1, -0.05) is 168 Å². The Balaban J connectivity index is 2.25. The fourth-order valence-electron chi connectivity index (χ4n) is 5.50. The highest BCUT2D eigenvalue weighted by Gasteiger charge is 2.62. The molecule has 0 spiro atoms. The lowest BCUT2D eigenvalue weighted by Gasteiger charge is -2.54. The fourth-order valence-corrected chi connectivity index (χ4v) is 55.8. The second kappa shape index (κ2) is 9.31. The molecular weight excluding hydrogens is 449 g/mol. The van der Waals surface area contributed by atoms with E-state index in [2.05, 4.69) is 148 Å². The molecule has 0 nitrogen and oxygen atoms in total. The molecule has 0 aliphatic heterocycles. The highest BCUT2D eigenvalue weighted by Crippen LogP contribution is 2.29. The van der Waals surface area contributed by atoms with E-state index in [9.17, 15) is 0 Å². The van der Waals surface area contributed by atoms with E-state index in [4.69, 9.17) is 0 Å². The fraction of sp³-hybridized carbons (Fsp3) is 0.143. The zero-order valence-electron chi connectivity index (χ0n) is 19.5. The van der Waals surface area contributed by atoms with E-state index in [0.717, 1.165) is 9.04 Å². The van der Waals surface area contributed by atoms with E-state index in [1.807, 2.05) is 0 Å². The highest BCUT2D eigenvalue weighted by molar-refractivity contribution is 7.87. The van der Waals surface area contributed by atoms with E-state index < -0.39 is 21.8 Å². The van der Waals surface area contributed by atoms with Gasteiger partial charge >= 0.3 is 0 Å². The average Bonchev–Trinajstić information content (AvgIpc) is 2.87. The second-order valence-corrected chi connectivity index (χ2v) is 39.3. The van der Waals surface area contributed by atoms with Gasteiger partial charge in [-0.25, -0.2) is 0 Å². The van der Waals surface area contributed by atoms with Crippen LogP contribution in [0.25, 0.3) is 0 Å². The second-order valence-electron chi connectivity index (χ2n) is 9.21. The van der Waals surface area contributed by atoms with Gasteiger partial charge in [0.15, 0.2) is 0 Å². The van der Waals surface area contributed by atoms with Gasteiger partial charge in [0.05, 0.1) is 7.11 Å². The molecule has 1 atom stereocenters. The van der Waals surface area contributed by atoms with Gasteiger partial charge in [-0.3, -0.25) is 0 Å². The van der Waals surface area contributed by atoms with Crippen molar-refractivity contribution < 1.29 is 0 Å². The Morgan fingerprint density at radius 1 is 0.438 bits per heavy atom. The molecule has 160 valence electrons. The molecule has 0 saturated carbocycles. The summed E-state index contributed by atoms with van der Waals surface area (Å²) >= 11 is 0. The third-order valence-corrected chi connectivity index (χ3v) is 56.0. The van der Waals surface area contributed by atoms with E-state index in [0.29, 0.717) is 0 Å². The van der Waals surface area contributed by atoms with Crippen LogP contribution in [0, 0.1) is 0 Å². The van der Waals surface area contributed by atoms with Crippen LogP contribution in [0.1, 0.15) is 0 Å². The van der Waals surface area contributed by atoms with Crippen LogP contribution in [-0.4, -0.2) is 30.8 Å². The number of hydrogen-bond acceptors (Lipinski definition) is 0. The molecule has 0 heterocycles. The molecule has 4 aromatic carbocycles. The summed E-state index contributed by atoms with van der Waals surface area (Å²) in [5, 5.41) is 6.33. The normalized spacial score (nSPS) is 14.0. The lowest BCUT2D eigenvalue weighted by atomic mass is 10.3. The molecule has 0 amide bonds. The van der Waals surface area contributed by atoms with Crippen LogP contribution < -0.4 is 20.7 Å². The molecule has 0 saturated heterocycles. The maximum absolute atomic E-state index is 2.75. The maximum Gasteiger partial charge on any atom is 0.141 e. The van der Waals surface area contributed by atoms with Crippen molar-refractivity contribution in [3.63, 3.8) is 0 Å². The minimum absolute atomic E-state index is 1.00. The summed E-state index contributed by atoms with van der Waals surface area (Å²) < 4.78 is 0. The Labute approximate surface area is 198 Å². The third kappa shape index (κ3) is 3.55. The van der Waals surface area contributed by atoms with Crippen LogP contribution in [0.3, 0.4) is 0 Å². The summed E-state index contributed by atoms with van der Waals surface area (Å²) in [5.41, 5.74) is 0. The molecule has 0 bridgehead atoms. The van der Waals surface area contributed by atoms with Crippen LogP contribution in [-0.2, 0) is 0 Å². The molecule has 2 radical (unpaired) electrons. The van der Waals surface area contributed by atoms with Gasteiger partial charge in [-0.15, -0.1) is 0 Å². The van der Waals surface area contributed by atoms with Gasteiger partial charge in [0.25, 0.3) is 0 Å². The molecule has 0 aromatic heterocycles. The average molecular weight is 481 g/mol. The van der Waals surface area contributed by atoms with Gasteiger partial charge in [-0.05, 0) is 0 Å². The maximum atomic E-state index is 2.75. The predicted molar refractivity (Wildman–Crippen MR) is 151 cm³/mol. The monoisotopic (exact) mass is 480 g/mol. The zero-order chi connectivity index (χ0) is 22.7. The van der Waals surface area contributed by atoms with E-state index in [-0.39, 0.29) is 0 Å². The first kappa shape index (κ1) is 22.9. The topological polar surface area (TPSA) is 0 Å². The largest absolute Gasteiger partial charge is 0.141 e. The van der Waals surface area contributed by atoms with Crippen LogP contribution in [0.4, 0.5) is 0 Å². The molecule has 0 aliphatic carbocycles. The Bertz CT molecular complexity index is 1030. The Morgan fingerprint density at radius 3 is 1.00 bits per heavy atom. The number of benzene rings is 4. The Kier molecular flexibility index (Phi) is 6.67. The number of rotatable bonds is 7. The van der Waals surface area contributed by atoms with E-state index in [1.54, 1.807) is 20.7 Å². The van der Waals surface area contributed by atoms with Gasteiger partial charge < -0.3 is 0 Å². The van der Waals surface area contributed by atoms with Crippen LogP contribution >= 0.6 is 0 Å². The summed E-state index contributed by atoms with van der Waals surface area (Å²) in [6, 6.07) is 46.3. The summed E-state index contributed by atoms with van der Waals surface area (Å²) in [4.78, 5) is 0. The molecule has 1 unspecified atom stereocenters. The first-order chi connectivity index (χ1) is 15.5. The van der Waals surface area contributed by atoms with Crippen molar-refractivity contribution in [1.82, 2.24) is 0 Å². The molecular formula is C28H32Si4. The lowest BCUT2D eigenvalue weighted by molar-refractivity contribution is 1.68. The Morgan fingerprint density at radius 2 is 0.719 bits per heavy atom. The van der Waals surface area contributed by atoms with Crippen LogP contribution in [0.2, 0.25) is 26.2 Å². The van der Waals surface area contributed by atoms with Crippen molar-refractivity contribution in [2.45, 2.75) is 26.2 Å². The van der Waals surface area contributed by atoms with Crippen molar-refractivity contribution in [3.8, 4) is 0 Å². The SMILES string of the molecule is C[Si][Si](C)(C)[Si](C)(c1ccccc1)[Si](c1ccccc1)(c1ccccc1)c1ccccc1. The van der Waals surface area contributed by atoms with E-state index in [1.165, 1.54) is 0 Å². The van der Waals surface area contributed by atoms with Crippen LogP contribution in [0.15, 0.2) is 121 Å². The molecule has 0 aliphatic rings. The summed E-state index contributed by atoms with van der Waals surface area (Å²) in [6.45, 7) is 10.6. The highest BCUT2D eigenvalue weighted by atomic mass is 29.8. The van der Waals surface area contributed by atoms with Crippen molar-refractivity contribution in [2.75, 3.05) is 0 Å².